The summed E-state index contributed by atoms with van der Waals surface area (Å²) < 4.78 is 35.2. The number of alkyl halides is 2. The summed E-state index contributed by atoms with van der Waals surface area (Å²) in [5, 5.41) is 3.51. The van der Waals surface area contributed by atoms with Crippen LogP contribution in [-0.2, 0) is 4.74 Å². The van der Waals surface area contributed by atoms with Crippen LogP contribution in [0.15, 0.2) is 24.3 Å². The van der Waals surface area contributed by atoms with Crippen molar-refractivity contribution in [2.24, 2.45) is 0 Å². The van der Waals surface area contributed by atoms with Crippen LogP contribution < -0.4 is 10.2 Å². The summed E-state index contributed by atoms with van der Waals surface area (Å²) >= 11 is 0. The first-order chi connectivity index (χ1) is 16.9. The molecule has 2 aliphatic rings. The lowest BCUT2D eigenvalue weighted by molar-refractivity contribution is 0.122. The van der Waals surface area contributed by atoms with E-state index in [-0.39, 0.29) is 11.9 Å². The van der Waals surface area contributed by atoms with E-state index in [2.05, 4.69) is 34.2 Å². The lowest BCUT2D eigenvalue weighted by Crippen LogP contribution is -2.38. The second-order valence-corrected chi connectivity index (χ2v) is 9.72. The zero-order chi connectivity index (χ0) is 24.5. The van der Waals surface area contributed by atoms with Gasteiger partial charge in [-0.25, -0.2) is 13.8 Å². The summed E-state index contributed by atoms with van der Waals surface area (Å²) in [4.78, 5) is 18.2. The molecule has 0 atom stereocenters. The molecule has 1 saturated heterocycles. The van der Waals surface area contributed by atoms with Gasteiger partial charge in [0.1, 0.15) is 11.6 Å². The Bertz CT molecular complexity index is 1170. The van der Waals surface area contributed by atoms with Gasteiger partial charge < -0.3 is 19.9 Å². The molecule has 1 saturated carbocycles. The second-order valence-electron chi connectivity index (χ2n) is 9.72. The highest BCUT2D eigenvalue weighted by Crippen LogP contribution is 2.31. The molecule has 1 N–H and O–H groups in total. The normalized spacial score (nSPS) is 21.3. The number of imidazole rings is 1. The first kappa shape index (κ1) is 23.9. The Morgan fingerprint density at radius 2 is 1.71 bits per heavy atom. The summed E-state index contributed by atoms with van der Waals surface area (Å²) in [5.41, 5.74) is 2.11. The van der Waals surface area contributed by atoms with Gasteiger partial charge in [0.05, 0.1) is 24.2 Å². The molecule has 0 spiro atoms. The van der Waals surface area contributed by atoms with Gasteiger partial charge in [0.15, 0.2) is 5.82 Å². The van der Waals surface area contributed by atoms with Crippen molar-refractivity contribution in [3.05, 3.63) is 35.7 Å². The summed E-state index contributed by atoms with van der Waals surface area (Å²) in [6.07, 6.45) is 1.49. The highest BCUT2D eigenvalue weighted by molar-refractivity contribution is 5.79. The fraction of sp³-hybridized carbons (Fsp3) is 0.560. The monoisotopic (exact) mass is 485 g/mol. The molecular weight excluding hydrogens is 452 g/mol. The highest BCUT2D eigenvalue weighted by Gasteiger charge is 2.26. The van der Waals surface area contributed by atoms with Gasteiger partial charge in [-0.1, -0.05) is 6.07 Å². The number of hydrogen-bond acceptors (Lipinski definition) is 7. The minimum absolute atomic E-state index is 0.246. The van der Waals surface area contributed by atoms with Crippen molar-refractivity contribution in [3.63, 3.8) is 0 Å². The molecular formula is C25H33F2N7O. The Morgan fingerprint density at radius 3 is 2.40 bits per heavy atom. The molecule has 2 fully saturated rings. The molecule has 10 heteroatoms. The van der Waals surface area contributed by atoms with Gasteiger partial charge in [-0.05, 0) is 64.4 Å². The lowest BCUT2D eigenvalue weighted by atomic mass is 9.91. The third-order valence-corrected chi connectivity index (χ3v) is 7.05. The summed E-state index contributed by atoms with van der Waals surface area (Å²) in [5.74, 6) is 1.26. The number of aryl methyl sites for hydroxylation is 1. The Morgan fingerprint density at radius 1 is 1.00 bits per heavy atom. The topological polar surface area (TPSA) is 71.3 Å². The Kier molecular flexibility index (Phi) is 6.84. The average Bonchev–Trinajstić information content (AvgIpc) is 3.24. The molecule has 2 aromatic heterocycles. The molecule has 1 aromatic carbocycles. The van der Waals surface area contributed by atoms with Crippen LogP contribution in [0.2, 0.25) is 0 Å². The highest BCUT2D eigenvalue weighted by atomic mass is 19.3. The number of morpholine rings is 1. The van der Waals surface area contributed by atoms with Crippen LogP contribution in [0.25, 0.3) is 16.9 Å². The molecule has 35 heavy (non-hydrogen) atoms. The van der Waals surface area contributed by atoms with Crippen LogP contribution in [0, 0.1) is 6.92 Å². The molecule has 0 bridgehead atoms. The number of nitrogens with one attached hydrogen (secondary N) is 1. The van der Waals surface area contributed by atoms with Crippen molar-refractivity contribution in [1.29, 1.82) is 0 Å². The smallest absolute Gasteiger partial charge is 0.296 e. The maximum absolute atomic E-state index is 14.1. The van der Waals surface area contributed by atoms with Gasteiger partial charge in [0, 0.05) is 31.2 Å². The molecule has 8 nitrogen and oxygen atoms in total. The van der Waals surface area contributed by atoms with Crippen molar-refractivity contribution in [2.45, 2.75) is 51.1 Å². The maximum atomic E-state index is 14.1. The van der Waals surface area contributed by atoms with Crippen molar-refractivity contribution in [1.82, 2.24) is 24.4 Å². The van der Waals surface area contributed by atoms with Gasteiger partial charge >= 0.3 is 0 Å². The van der Waals surface area contributed by atoms with Crippen molar-refractivity contribution in [2.75, 3.05) is 50.6 Å². The van der Waals surface area contributed by atoms with Crippen LogP contribution in [-0.4, -0.2) is 76.9 Å². The van der Waals surface area contributed by atoms with E-state index in [1.165, 1.54) is 4.57 Å². The number of anilines is 2. The van der Waals surface area contributed by atoms with E-state index < -0.39 is 6.43 Å². The molecule has 188 valence electrons. The van der Waals surface area contributed by atoms with Crippen LogP contribution >= 0.6 is 0 Å². The van der Waals surface area contributed by atoms with Crippen molar-refractivity contribution >= 4 is 22.8 Å². The number of aromatic nitrogens is 4. The Balaban J connectivity index is 1.55. The first-order valence-electron chi connectivity index (χ1n) is 12.3. The minimum Gasteiger partial charge on any atom is -0.378 e. The van der Waals surface area contributed by atoms with E-state index in [0.29, 0.717) is 61.0 Å². The van der Waals surface area contributed by atoms with E-state index in [1.807, 2.05) is 19.1 Å². The third-order valence-electron chi connectivity index (χ3n) is 7.05. The largest absolute Gasteiger partial charge is 0.378 e. The number of benzene rings is 1. The summed E-state index contributed by atoms with van der Waals surface area (Å²) in [6.45, 7) is 4.53. The molecule has 0 amide bonds. The molecule has 1 aliphatic carbocycles. The molecule has 3 heterocycles. The Hall–Kier alpha value is -2.85. The average molecular weight is 486 g/mol. The third kappa shape index (κ3) is 5.08. The van der Waals surface area contributed by atoms with Gasteiger partial charge in [-0.15, -0.1) is 0 Å². The Labute approximate surface area is 204 Å². The standard InChI is InChI=1S/C25H33F2N7O/c1-16-4-9-19-20(14-16)34(24(29-19)23(26)27)22-15-21(33-10-12-35-13-11-33)30-25(31-22)28-17-5-7-18(8-6-17)32(2)3/h4,9,14-15,17-18,23H,5-8,10-13H2,1-3H3,(H,28,30,31). The molecule has 3 aromatic rings. The van der Waals surface area contributed by atoms with Gasteiger partial charge in [0.25, 0.3) is 6.43 Å². The van der Waals surface area contributed by atoms with Crippen LogP contribution in [0.1, 0.15) is 43.5 Å². The second kappa shape index (κ2) is 10.0. The van der Waals surface area contributed by atoms with Gasteiger partial charge in [0.2, 0.25) is 5.95 Å². The SMILES string of the molecule is Cc1ccc2nc(C(F)F)n(-c3cc(N4CCOCC4)nc(NC4CCC(N(C)C)CC4)n3)c2c1. The number of fused-ring (bicyclic) bond motifs is 1. The number of nitrogens with zero attached hydrogens (tertiary/aromatic N) is 6. The van der Waals surface area contributed by atoms with Crippen LogP contribution in [0.3, 0.4) is 0 Å². The van der Waals surface area contributed by atoms with E-state index in [9.17, 15) is 8.78 Å². The number of hydrogen-bond donors (Lipinski definition) is 1. The fourth-order valence-electron chi connectivity index (χ4n) is 5.07. The molecule has 5 rings (SSSR count). The summed E-state index contributed by atoms with van der Waals surface area (Å²) in [7, 11) is 4.24. The van der Waals surface area contributed by atoms with Gasteiger partial charge in [-0.2, -0.15) is 9.97 Å². The predicted molar refractivity (Wildman–Crippen MR) is 133 cm³/mol. The van der Waals surface area contributed by atoms with E-state index in [0.717, 1.165) is 31.2 Å². The summed E-state index contributed by atoms with van der Waals surface area (Å²) in [6, 6.07) is 8.15. The van der Waals surface area contributed by atoms with E-state index >= 15 is 0 Å². The lowest BCUT2D eigenvalue weighted by Gasteiger charge is -2.33. The number of halogens is 2. The maximum Gasteiger partial charge on any atom is 0.296 e. The van der Waals surface area contributed by atoms with Gasteiger partial charge in [-0.3, -0.25) is 4.57 Å². The van der Waals surface area contributed by atoms with Crippen LogP contribution in [0.4, 0.5) is 20.5 Å². The van der Waals surface area contributed by atoms with Crippen molar-refractivity contribution < 1.29 is 13.5 Å². The first-order valence-corrected chi connectivity index (χ1v) is 12.3. The number of ether oxygens (including phenoxy) is 1. The zero-order valence-electron chi connectivity index (χ0n) is 20.5. The van der Waals surface area contributed by atoms with Crippen LogP contribution in [0.5, 0.6) is 0 Å². The quantitative estimate of drug-likeness (QED) is 0.562. The zero-order valence-corrected chi connectivity index (χ0v) is 20.5. The molecule has 0 radical (unpaired) electrons. The predicted octanol–water partition coefficient (Wildman–Crippen LogP) is 4.18. The van der Waals surface area contributed by atoms with E-state index in [1.54, 1.807) is 12.1 Å². The number of rotatable bonds is 6. The molecule has 1 aliphatic heterocycles. The van der Waals surface area contributed by atoms with Crippen molar-refractivity contribution in [3.8, 4) is 5.82 Å². The molecule has 0 unspecified atom stereocenters. The fourth-order valence-corrected chi connectivity index (χ4v) is 5.07. The van der Waals surface area contributed by atoms with E-state index in [4.69, 9.17) is 14.7 Å². The minimum atomic E-state index is -2.73.